The molecule has 1 aliphatic rings. The van der Waals surface area contributed by atoms with E-state index >= 15 is 0 Å². The van der Waals surface area contributed by atoms with Crippen molar-refractivity contribution in [1.82, 2.24) is 4.90 Å². The molecule has 1 unspecified atom stereocenters. The fourth-order valence-corrected chi connectivity index (χ4v) is 2.71. The number of carboxylic acids is 1. The largest absolute Gasteiger partial charge is 0.480 e. The summed E-state index contributed by atoms with van der Waals surface area (Å²) < 4.78 is 5.07. The summed E-state index contributed by atoms with van der Waals surface area (Å²) in [7, 11) is 0. The molecule has 0 aliphatic carbocycles. The number of aliphatic carboxylic acids is 1. The first-order valence-electron chi connectivity index (χ1n) is 4.77. The Balaban J connectivity index is 2.22. The van der Waals surface area contributed by atoms with E-state index in [1.165, 1.54) is 22.9 Å². The molecular weight excluding hydrogens is 230 g/mol. The van der Waals surface area contributed by atoms with Gasteiger partial charge in [0.05, 0.1) is 12.1 Å². The average molecular weight is 241 g/mol. The zero-order chi connectivity index (χ0) is 11.7. The minimum Gasteiger partial charge on any atom is -0.480 e. The summed E-state index contributed by atoms with van der Waals surface area (Å²) in [6.07, 6.45) is 1.43. The van der Waals surface area contributed by atoms with Gasteiger partial charge < -0.3 is 14.4 Å². The third-order valence-electron chi connectivity index (χ3n) is 2.48. The van der Waals surface area contributed by atoms with E-state index in [9.17, 15) is 9.59 Å². The molecule has 2 heterocycles. The van der Waals surface area contributed by atoms with E-state index < -0.39 is 12.0 Å². The lowest BCUT2D eigenvalue weighted by Crippen LogP contribution is -2.41. The van der Waals surface area contributed by atoms with Gasteiger partial charge in [0.2, 0.25) is 0 Å². The normalized spacial score (nSPS) is 20.1. The number of aryl methyl sites for hydroxylation is 1. The van der Waals surface area contributed by atoms with E-state index in [4.69, 9.17) is 9.52 Å². The van der Waals surface area contributed by atoms with Gasteiger partial charge in [-0.25, -0.2) is 4.79 Å². The van der Waals surface area contributed by atoms with Crippen LogP contribution in [0.25, 0.3) is 0 Å². The highest BCUT2D eigenvalue weighted by Gasteiger charge is 2.36. The lowest BCUT2D eigenvalue weighted by Gasteiger charge is -2.19. The van der Waals surface area contributed by atoms with E-state index in [-0.39, 0.29) is 11.7 Å². The summed E-state index contributed by atoms with van der Waals surface area (Å²) in [6.45, 7) is 1.76. The van der Waals surface area contributed by atoms with Gasteiger partial charge in [-0.2, -0.15) is 0 Å². The molecule has 0 radical (unpaired) electrons. The molecule has 5 nitrogen and oxygen atoms in total. The zero-order valence-corrected chi connectivity index (χ0v) is 9.49. The number of carboxylic acid groups (broad SMARTS) is 1. The highest BCUT2D eigenvalue weighted by Crippen LogP contribution is 2.24. The number of hydrogen-bond acceptors (Lipinski definition) is 4. The van der Waals surface area contributed by atoms with Gasteiger partial charge in [-0.15, -0.1) is 11.8 Å². The minimum atomic E-state index is -0.970. The maximum absolute atomic E-state index is 12.0. The SMILES string of the molecule is Cc1ccoc1C(=O)N1CSCC1C(=O)O. The van der Waals surface area contributed by atoms with Crippen LogP contribution >= 0.6 is 11.8 Å². The lowest BCUT2D eigenvalue weighted by molar-refractivity contribution is -0.140. The monoisotopic (exact) mass is 241 g/mol. The van der Waals surface area contributed by atoms with Crippen molar-refractivity contribution < 1.29 is 19.1 Å². The maximum Gasteiger partial charge on any atom is 0.327 e. The number of carbonyl (C=O) groups excluding carboxylic acids is 1. The molecule has 86 valence electrons. The highest BCUT2D eigenvalue weighted by atomic mass is 32.2. The van der Waals surface area contributed by atoms with E-state index in [2.05, 4.69) is 0 Å². The molecule has 0 saturated carbocycles. The van der Waals surface area contributed by atoms with Gasteiger partial charge in [0.15, 0.2) is 5.76 Å². The molecule has 1 saturated heterocycles. The van der Waals surface area contributed by atoms with E-state index in [1.54, 1.807) is 13.0 Å². The Bertz CT molecular complexity index is 428. The number of carbonyl (C=O) groups is 2. The van der Waals surface area contributed by atoms with Gasteiger partial charge in [-0.05, 0) is 13.0 Å². The Labute approximate surface area is 96.4 Å². The first kappa shape index (κ1) is 11.1. The molecular formula is C10H11NO4S. The number of nitrogens with zero attached hydrogens (tertiary/aromatic N) is 1. The fourth-order valence-electron chi connectivity index (χ4n) is 1.57. The highest BCUT2D eigenvalue weighted by molar-refractivity contribution is 7.99. The van der Waals surface area contributed by atoms with Crippen molar-refractivity contribution in [3.63, 3.8) is 0 Å². The second kappa shape index (κ2) is 4.21. The van der Waals surface area contributed by atoms with Crippen LogP contribution in [0.1, 0.15) is 16.1 Å². The van der Waals surface area contributed by atoms with Crippen LogP contribution in [0.15, 0.2) is 16.7 Å². The number of hydrogen-bond donors (Lipinski definition) is 1. The van der Waals surface area contributed by atoms with Crippen LogP contribution in [-0.4, -0.2) is 39.6 Å². The number of furan rings is 1. The first-order valence-corrected chi connectivity index (χ1v) is 5.92. The predicted molar refractivity (Wildman–Crippen MR) is 58.4 cm³/mol. The Morgan fingerprint density at radius 3 is 2.94 bits per heavy atom. The standard InChI is InChI=1S/C10H11NO4S/c1-6-2-3-15-8(6)9(12)11-5-16-4-7(11)10(13)14/h2-3,7H,4-5H2,1H3,(H,13,14). The number of rotatable bonds is 2. The van der Waals surface area contributed by atoms with Crippen molar-refractivity contribution in [3.8, 4) is 0 Å². The van der Waals surface area contributed by atoms with E-state index in [0.717, 1.165) is 5.56 Å². The van der Waals surface area contributed by atoms with Crippen LogP contribution < -0.4 is 0 Å². The van der Waals surface area contributed by atoms with Crippen molar-refractivity contribution in [2.24, 2.45) is 0 Å². The van der Waals surface area contributed by atoms with Gasteiger partial charge in [0.1, 0.15) is 6.04 Å². The van der Waals surface area contributed by atoms with Gasteiger partial charge in [0, 0.05) is 11.3 Å². The van der Waals surface area contributed by atoms with Crippen molar-refractivity contribution in [2.75, 3.05) is 11.6 Å². The van der Waals surface area contributed by atoms with Gasteiger partial charge in [0.25, 0.3) is 5.91 Å². The Kier molecular flexibility index (Phi) is 2.91. The lowest BCUT2D eigenvalue weighted by atomic mass is 10.2. The molecule has 0 spiro atoms. The van der Waals surface area contributed by atoms with Crippen LogP contribution in [0.2, 0.25) is 0 Å². The molecule has 0 aromatic carbocycles. The summed E-state index contributed by atoms with van der Waals surface area (Å²) >= 11 is 1.43. The van der Waals surface area contributed by atoms with Crippen LogP contribution in [0, 0.1) is 6.92 Å². The van der Waals surface area contributed by atoms with E-state index in [0.29, 0.717) is 11.6 Å². The smallest absolute Gasteiger partial charge is 0.327 e. The van der Waals surface area contributed by atoms with Gasteiger partial charge >= 0.3 is 5.97 Å². The molecule has 1 N–H and O–H groups in total. The molecule has 2 rings (SSSR count). The second-order valence-corrected chi connectivity index (χ2v) is 4.56. The van der Waals surface area contributed by atoms with Crippen molar-refractivity contribution >= 4 is 23.6 Å². The summed E-state index contributed by atoms with van der Waals surface area (Å²) in [5.74, 6) is -0.257. The summed E-state index contributed by atoms with van der Waals surface area (Å²) in [4.78, 5) is 24.3. The molecule has 1 aliphatic heterocycles. The van der Waals surface area contributed by atoms with Crippen molar-refractivity contribution in [2.45, 2.75) is 13.0 Å². The molecule has 1 amide bonds. The molecule has 1 fully saturated rings. The average Bonchev–Trinajstić information content (AvgIpc) is 2.84. The maximum atomic E-state index is 12.0. The second-order valence-electron chi connectivity index (χ2n) is 3.56. The quantitative estimate of drug-likeness (QED) is 0.842. The topological polar surface area (TPSA) is 70.8 Å². The summed E-state index contributed by atoms with van der Waals surface area (Å²) in [5.41, 5.74) is 0.728. The predicted octanol–water partition coefficient (Wildman–Crippen LogP) is 1.19. The van der Waals surface area contributed by atoms with Crippen LogP contribution in [0.3, 0.4) is 0 Å². The summed E-state index contributed by atoms with van der Waals surface area (Å²) in [5, 5.41) is 8.96. The minimum absolute atomic E-state index is 0.230. The molecule has 1 aromatic rings. The fraction of sp³-hybridized carbons (Fsp3) is 0.400. The van der Waals surface area contributed by atoms with Gasteiger partial charge in [-0.3, -0.25) is 4.79 Å². The first-order chi connectivity index (χ1) is 7.61. The van der Waals surface area contributed by atoms with Crippen LogP contribution in [0.4, 0.5) is 0 Å². The molecule has 1 atom stereocenters. The Morgan fingerprint density at radius 1 is 1.62 bits per heavy atom. The third-order valence-corrected chi connectivity index (χ3v) is 3.50. The Hall–Kier alpha value is -1.43. The Morgan fingerprint density at radius 2 is 2.38 bits per heavy atom. The summed E-state index contributed by atoms with van der Waals surface area (Å²) in [6, 6.07) is 0.939. The number of amides is 1. The molecule has 1 aromatic heterocycles. The van der Waals surface area contributed by atoms with E-state index in [1.807, 2.05) is 0 Å². The molecule has 0 bridgehead atoms. The van der Waals surface area contributed by atoms with Crippen LogP contribution in [-0.2, 0) is 4.79 Å². The zero-order valence-electron chi connectivity index (χ0n) is 8.67. The van der Waals surface area contributed by atoms with Crippen molar-refractivity contribution in [3.05, 3.63) is 23.7 Å². The molecule has 6 heteroatoms. The number of thioether (sulfide) groups is 1. The van der Waals surface area contributed by atoms with Gasteiger partial charge in [-0.1, -0.05) is 0 Å². The third kappa shape index (κ3) is 1.80. The molecule has 16 heavy (non-hydrogen) atoms. The van der Waals surface area contributed by atoms with Crippen molar-refractivity contribution in [1.29, 1.82) is 0 Å². The van der Waals surface area contributed by atoms with Crippen LogP contribution in [0.5, 0.6) is 0 Å².